The molecular formula is C16H18F3N3O4. The Labute approximate surface area is 147 Å². The number of benzene rings is 1. The second-order valence-corrected chi connectivity index (χ2v) is 6.03. The fourth-order valence-corrected chi connectivity index (χ4v) is 2.41. The van der Waals surface area contributed by atoms with Crippen molar-refractivity contribution in [3.63, 3.8) is 0 Å². The number of hydrazine groups is 1. The molecule has 1 aliphatic rings. The van der Waals surface area contributed by atoms with Crippen LogP contribution in [0.25, 0.3) is 0 Å². The van der Waals surface area contributed by atoms with Gasteiger partial charge in [0.2, 0.25) is 0 Å². The van der Waals surface area contributed by atoms with Crippen LogP contribution in [0.3, 0.4) is 0 Å². The van der Waals surface area contributed by atoms with Gasteiger partial charge < -0.3 is 10.1 Å². The first-order valence-electron chi connectivity index (χ1n) is 7.75. The second kappa shape index (κ2) is 7.73. The fourth-order valence-electron chi connectivity index (χ4n) is 2.41. The maximum Gasteiger partial charge on any atom is 0.411 e. The highest BCUT2D eigenvalue weighted by Gasteiger charge is 2.48. The SMILES string of the molecule is CC1(CCc2ccccc2)NC(=O)N(NC(=O)COCC(F)(F)F)C1=O. The highest BCUT2D eigenvalue weighted by atomic mass is 19.4. The Kier molecular flexibility index (Phi) is 5.86. The van der Waals surface area contributed by atoms with Gasteiger partial charge in [-0.3, -0.25) is 15.0 Å². The summed E-state index contributed by atoms with van der Waals surface area (Å²) in [7, 11) is 0. The number of amides is 4. The van der Waals surface area contributed by atoms with Crippen molar-refractivity contribution in [2.75, 3.05) is 13.2 Å². The van der Waals surface area contributed by atoms with Crippen LogP contribution >= 0.6 is 0 Å². The van der Waals surface area contributed by atoms with Crippen LogP contribution in [-0.4, -0.2) is 47.8 Å². The molecule has 1 unspecified atom stereocenters. The Hall–Kier alpha value is -2.62. The van der Waals surface area contributed by atoms with Crippen LogP contribution in [0.5, 0.6) is 0 Å². The molecule has 1 fully saturated rings. The molecule has 26 heavy (non-hydrogen) atoms. The predicted molar refractivity (Wildman–Crippen MR) is 83.6 cm³/mol. The molecule has 4 amide bonds. The van der Waals surface area contributed by atoms with Crippen LogP contribution in [0.1, 0.15) is 18.9 Å². The molecule has 0 radical (unpaired) electrons. The van der Waals surface area contributed by atoms with Crippen molar-refractivity contribution in [1.82, 2.24) is 15.8 Å². The summed E-state index contributed by atoms with van der Waals surface area (Å²) in [6, 6.07) is 8.45. The molecule has 1 aromatic rings. The third-order valence-corrected chi connectivity index (χ3v) is 3.75. The first-order valence-corrected chi connectivity index (χ1v) is 7.75. The molecule has 0 aliphatic carbocycles. The number of hydrogen-bond acceptors (Lipinski definition) is 4. The lowest BCUT2D eigenvalue weighted by Crippen LogP contribution is -2.50. The van der Waals surface area contributed by atoms with Crippen molar-refractivity contribution in [1.29, 1.82) is 0 Å². The Morgan fingerprint density at radius 2 is 1.92 bits per heavy atom. The zero-order chi connectivity index (χ0) is 19.4. The molecule has 1 atom stereocenters. The summed E-state index contributed by atoms with van der Waals surface area (Å²) in [6.07, 6.45) is -3.77. The normalized spacial score (nSPS) is 20.2. The van der Waals surface area contributed by atoms with Crippen molar-refractivity contribution in [2.24, 2.45) is 0 Å². The Bertz CT molecular complexity index is 681. The minimum atomic E-state index is -4.57. The predicted octanol–water partition coefficient (Wildman–Crippen LogP) is 1.54. The molecule has 0 aromatic heterocycles. The van der Waals surface area contributed by atoms with E-state index in [0.717, 1.165) is 5.56 Å². The average molecular weight is 373 g/mol. The van der Waals surface area contributed by atoms with Gasteiger partial charge in [0.05, 0.1) is 0 Å². The van der Waals surface area contributed by atoms with Gasteiger partial charge >= 0.3 is 12.2 Å². The molecule has 10 heteroatoms. The number of nitrogens with zero attached hydrogens (tertiary/aromatic N) is 1. The first kappa shape index (κ1) is 19.7. The smallest absolute Gasteiger partial charge is 0.362 e. The van der Waals surface area contributed by atoms with Crippen LogP contribution in [0.4, 0.5) is 18.0 Å². The highest BCUT2D eigenvalue weighted by molar-refractivity contribution is 6.07. The second-order valence-electron chi connectivity index (χ2n) is 6.03. The van der Waals surface area contributed by atoms with Crippen molar-refractivity contribution in [3.8, 4) is 0 Å². The minimum Gasteiger partial charge on any atom is -0.362 e. The largest absolute Gasteiger partial charge is 0.411 e. The lowest BCUT2D eigenvalue weighted by Gasteiger charge is -2.21. The quantitative estimate of drug-likeness (QED) is 0.710. The van der Waals surface area contributed by atoms with Crippen molar-refractivity contribution < 1.29 is 32.3 Å². The fraction of sp³-hybridized carbons (Fsp3) is 0.438. The summed E-state index contributed by atoms with van der Waals surface area (Å²) in [5.41, 5.74) is 1.70. The van der Waals surface area contributed by atoms with E-state index in [1.54, 1.807) is 0 Å². The van der Waals surface area contributed by atoms with Crippen molar-refractivity contribution in [3.05, 3.63) is 35.9 Å². The molecule has 0 saturated carbocycles. The van der Waals surface area contributed by atoms with E-state index < -0.39 is 42.8 Å². The van der Waals surface area contributed by atoms with Crippen LogP contribution in [-0.2, 0) is 20.7 Å². The van der Waals surface area contributed by atoms with E-state index in [9.17, 15) is 27.6 Å². The molecule has 1 heterocycles. The van der Waals surface area contributed by atoms with Crippen LogP contribution < -0.4 is 10.7 Å². The van der Waals surface area contributed by atoms with E-state index in [2.05, 4.69) is 10.1 Å². The van der Waals surface area contributed by atoms with E-state index in [-0.39, 0.29) is 0 Å². The van der Waals surface area contributed by atoms with Crippen molar-refractivity contribution in [2.45, 2.75) is 31.5 Å². The lowest BCUT2D eigenvalue weighted by atomic mass is 9.93. The summed E-state index contributed by atoms with van der Waals surface area (Å²) in [6.45, 7) is -1.02. The summed E-state index contributed by atoms with van der Waals surface area (Å²) in [4.78, 5) is 36.0. The molecule has 1 saturated heterocycles. The number of hydrogen-bond donors (Lipinski definition) is 2. The number of imide groups is 1. The van der Waals surface area contributed by atoms with E-state index in [1.807, 2.05) is 35.8 Å². The van der Waals surface area contributed by atoms with Gasteiger partial charge in [-0.05, 0) is 25.3 Å². The Morgan fingerprint density at radius 1 is 1.27 bits per heavy atom. The number of ether oxygens (including phenoxy) is 1. The number of carbonyl (C=O) groups is 3. The standard InChI is InChI=1S/C16H18F3N3O4/c1-15(8-7-11-5-3-2-4-6-11)13(24)22(14(25)20-15)21-12(23)9-26-10-16(17,18)19/h2-6H,7-10H2,1H3,(H,20,25)(H,21,23). The summed E-state index contributed by atoms with van der Waals surface area (Å²) in [5, 5.41) is 2.95. The zero-order valence-corrected chi connectivity index (χ0v) is 13.9. The number of aryl methyl sites for hydroxylation is 1. The van der Waals surface area contributed by atoms with E-state index >= 15 is 0 Å². The maximum absolute atomic E-state index is 12.4. The average Bonchev–Trinajstić information content (AvgIpc) is 2.77. The third kappa shape index (κ3) is 5.19. The van der Waals surface area contributed by atoms with Crippen LogP contribution in [0.2, 0.25) is 0 Å². The monoisotopic (exact) mass is 373 g/mol. The molecule has 142 valence electrons. The van der Waals surface area contributed by atoms with Crippen LogP contribution in [0, 0.1) is 0 Å². The van der Waals surface area contributed by atoms with E-state index in [4.69, 9.17) is 0 Å². The lowest BCUT2D eigenvalue weighted by molar-refractivity contribution is -0.176. The number of alkyl halides is 3. The summed E-state index contributed by atoms with van der Waals surface area (Å²) in [5.74, 6) is -1.73. The Morgan fingerprint density at radius 3 is 2.54 bits per heavy atom. The maximum atomic E-state index is 12.4. The van der Waals surface area contributed by atoms with Gasteiger partial charge in [-0.1, -0.05) is 30.3 Å². The number of nitrogens with one attached hydrogen (secondary N) is 2. The van der Waals surface area contributed by atoms with Gasteiger partial charge in [0.25, 0.3) is 11.8 Å². The molecule has 0 bridgehead atoms. The third-order valence-electron chi connectivity index (χ3n) is 3.75. The Balaban J connectivity index is 1.89. The minimum absolute atomic E-state index is 0.290. The number of urea groups is 1. The van der Waals surface area contributed by atoms with Gasteiger partial charge in [-0.25, -0.2) is 4.79 Å². The molecule has 1 aromatic carbocycles. The van der Waals surface area contributed by atoms with Crippen LogP contribution in [0.15, 0.2) is 30.3 Å². The zero-order valence-electron chi connectivity index (χ0n) is 13.9. The molecule has 2 N–H and O–H groups in total. The molecule has 7 nitrogen and oxygen atoms in total. The first-order chi connectivity index (χ1) is 12.1. The van der Waals surface area contributed by atoms with Crippen molar-refractivity contribution >= 4 is 17.8 Å². The van der Waals surface area contributed by atoms with Gasteiger partial charge in [0.1, 0.15) is 18.8 Å². The number of halogens is 3. The number of carbonyl (C=O) groups excluding carboxylic acids is 3. The van der Waals surface area contributed by atoms with Gasteiger partial charge in [0, 0.05) is 0 Å². The molecular weight excluding hydrogens is 355 g/mol. The van der Waals surface area contributed by atoms with Gasteiger partial charge in [-0.2, -0.15) is 18.2 Å². The van der Waals surface area contributed by atoms with Gasteiger partial charge in [-0.15, -0.1) is 0 Å². The summed E-state index contributed by atoms with van der Waals surface area (Å²) < 4.78 is 40.1. The topological polar surface area (TPSA) is 87.7 Å². The summed E-state index contributed by atoms with van der Waals surface area (Å²) >= 11 is 0. The van der Waals surface area contributed by atoms with E-state index in [1.165, 1.54) is 6.92 Å². The molecule has 1 aliphatic heterocycles. The van der Waals surface area contributed by atoms with E-state index in [0.29, 0.717) is 17.9 Å². The molecule has 0 spiro atoms. The molecule has 2 rings (SSSR count). The van der Waals surface area contributed by atoms with Gasteiger partial charge in [0.15, 0.2) is 0 Å². The highest BCUT2D eigenvalue weighted by Crippen LogP contribution is 2.22. The number of rotatable bonds is 7.